The van der Waals surface area contributed by atoms with Crippen LogP contribution in [0, 0.1) is 11.3 Å². The number of aromatic nitrogens is 1. The smallest absolute Gasteiger partial charge is 0.337 e. The van der Waals surface area contributed by atoms with Gasteiger partial charge in [-0.2, -0.15) is 5.26 Å². The van der Waals surface area contributed by atoms with Crippen molar-refractivity contribution in [3.63, 3.8) is 0 Å². The van der Waals surface area contributed by atoms with Crippen molar-refractivity contribution in [1.29, 1.82) is 5.26 Å². The summed E-state index contributed by atoms with van der Waals surface area (Å²) in [5.74, 6) is -1.02. The Kier molecular flexibility index (Phi) is 6.25. The second-order valence-electron chi connectivity index (χ2n) is 6.84. The molecule has 1 aromatic carbocycles. The summed E-state index contributed by atoms with van der Waals surface area (Å²) in [5.41, 5.74) is 2.81. The lowest BCUT2D eigenvalue weighted by Gasteiger charge is -2.33. The number of rotatable bonds is 5. The van der Waals surface area contributed by atoms with Crippen LogP contribution in [0.25, 0.3) is 5.70 Å². The first-order valence-electron chi connectivity index (χ1n) is 9.44. The Balaban J connectivity index is 1.57. The van der Waals surface area contributed by atoms with Crippen molar-refractivity contribution in [2.45, 2.75) is 25.8 Å². The van der Waals surface area contributed by atoms with E-state index in [2.05, 4.69) is 16.4 Å². The number of piperidine rings is 1. The number of nitrogens with zero attached hydrogens (tertiary/aromatic N) is 3. The Morgan fingerprint density at radius 3 is 2.34 bits per heavy atom. The minimum absolute atomic E-state index is 0.0230. The van der Waals surface area contributed by atoms with Gasteiger partial charge in [-0.3, -0.25) is 9.78 Å². The molecule has 1 aromatic heterocycles. The van der Waals surface area contributed by atoms with E-state index in [1.54, 1.807) is 30.3 Å². The van der Waals surface area contributed by atoms with Gasteiger partial charge in [0.2, 0.25) is 0 Å². The van der Waals surface area contributed by atoms with Crippen LogP contribution in [0.2, 0.25) is 0 Å². The maximum atomic E-state index is 12.6. The molecule has 7 heteroatoms. The van der Waals surface area contributed by atoms with E-state index < -0.39 is 5.97 Å². The third-order valence-electron chi connectivity index (χ3n) is 4.98. The summed E-state index contributed by atoms with van der Waals surface area (Å²) >= 11 is 0. The third-order valence-corrected chi connectivity index (χ3v) is 4.98. The quantitative estimate of drug-likeness (QED) is 0.813. The van der Waals surface area contributed by atoms with Gasteiger partial charge < -0.3 is 15.3 Å². The molecule has 0 spiro atoms. The number of hydrogen-bond acceptors (Lipinski definition) is 5. The SMILES string of the molecule is C/C=C(\NC1CCN(C(=O)c2ccc(C#N)cc2)CC1)c1ccc(C(=O)O)cn1. The molecule has 3 rings (SSSR count). The lowest BCUT2D eigenvalue weighted by Crippen LogP contribution is -2.44. The van der Waals surface area contributed by atoms with Gasteiger partial charge in [-0.15, -0.1) is 0 Å². The van der Waals surface area contributed by atoms with Crippen LogP contribution in [0.1, 0.15) is 51.7 Å². The van der Waals surface area contributed by atoms with Crippen molar-refractivity contribution in [1.82, 2.24) is 15.2 Å². The molecule has 1 fully saturated rings. The third kappa shape index (κ3) is 4.79. The Morgan fingerprint density at radius 1 is 1.17 bits per heavy atom. The van der Waals surface area contributed by atoms with E-state index in [1.165, 1.54) is 12.3 Å². The molecule has 1 aliphatic heterocycles. The summed E-state index contributed by atoms with van der Waals surface area (Å²) in [6.45, 7) is 3.18. The zero-order chi connectivity index (χ0) is 20.8. The summed E-state index contributed by atoms with van der Waals surface area (Å²) in [7, 11) is 0. The van der Waals surface area contributed by atoms with Gasteiger partial charge in [0.15, 0.2) is 0 Å². The van der Waals surface area contributed by atoms with Crippen molar-refractivity contribution in [3.8, 4) is 6.07 Å². The molecule has 2 N–H and O–H groups in total. The monoisotopic (exact) mass is 390 g/mol. The standard InChI is InChI=1S/C22H22N4O3/c1-2-19(20-8-7-17(14-24-20)22(28)29)25-18-9-11-26(12-10-18)21(27)16-5-3-15(13-23)4-6-16/h2-8,14,18,25H,9-12H2,1H3,(H,28,29)/b19-2-. The highest BCUT2D eigenvalue weighted by Crippen LogP contribution is 2.18. The number of aromatic carboxylic acids is 1. The average Bonchev–Trinajstić information content (AvgIpc) is 2.77. The van der Waals surface area contributed by atoms with Crippen molar-refractivity contribution < 1.29 is 14.7 Å². The van der Waals surface area contributed by atoms with Gasteiger partial charge in [0.25, 0.3) is 5.91 Å². The second-order valence-corrected chi connectivity index (χ2v) is 6.84. The van der Waals surface area contributed by atoms with Gasteiger partial charge >= 0.3 is 5.97 Å². The Hall–Kier alpha value is -3.66. The summed E-state index contributed by atoms with van der Waals surface area (Å²) in [6.07, 6.45) is 4.86. The predicted molar refractivity (Wildman–Crippen MR) is 108 cm³/mol. The minimum atomic E-state index is -1.00. The molecule has 2 heterocycles. The number of carbonyl (C=O) groups excluding carboxylic acids is 1. The minimum Gasteiger partial charge on any atom is -0.478 e. The fraction of sp³-hybridized carbons (Fsp3) is 0.273. The molecule has 1 aliphatic rings. The maximum absolute atomic E-state index is 12.6. The zero-order valence-electron chi connectivity index (χ0n) is 16.1. The number of likely N-dealkylation sites (tertiary alicyclic amines) is 1. The molecule has 1 amide bonds. The van der Waals surface area contributed by atoms with E-state index in [1.807, 2.05) is 17.9 Å². The van der Waals surface area contributed by atoms with E-state index >= 15 is 0 Å². The highest BCUT2D eigenvalue weighted by molar-refractivity contribution is 5.94. The van der Waals surface area contributed by atoms with Crippen molar-refractivity contribution in [3.05, 3.63) is 71.1 Å². The first kappa shape index (κ1) is 20.1. The molecule has 1 saturated heterocycles. The molecular weight excluding hydrogens is 368 g/mol. The summed E-state index contributed by atoms with van der Waals surface area (Å²) in [6, 6.07) is 12.2. The van der Waals surface area contributed by atoms with Crippen LogP contribution >= 0.6 is 0 Å². The fourth-order valence-electron chi connectivity index (χ4n) is 3.30. The molecule has 0 unspecified atom stereocenters. The number of pyridine rings is 1. The van der Waals surface area contributed by atoms with E-state index in [9.17, 15) is 9.59 Å². The molecule has 0 saturated carbocycles. The van der Waals surface area contributed by atoms with E-state index in [0.29, 0.717) is 29.9 Å². The zero-order valence-corrected chi connectivity index (χ0v) is 16.1. The molecule has 2 aromatic rings. The average molecular weight is 390 g/mol. The number of nitrogens with one attached hydrogen (secondary N) is 1. The molecule has 7 nitrogen and oxygen atoms in total. The summed E-state index contributed by atoms with van der Waals surface area (Å²) in [5, 5.41) is 21.3. The highest BCUT2D eigenvalue weighted by atomic mass is 16.4. The molecule has 0 radical (unpaired) electrons. The number of nitriles is 1. The number of carbonyl (C=O) groups is 2. The van der Waals surface area contributed by atoms with E-state index in [0.717, 1.165) is 18.5 Å². The molecule has 29 heavy (non-hydrogen) atoms. The predicted octanol–water partition coefficient (Wildman–Crippen LogP) is 2.91. The van der Waals surface area contributed by atoms with Crippen LogP contribution in [0.3, 0.4) is 0 Å². The first-order chi connectivity index (χ1) is 14.0. The van der Waals surface area contributed by atoms with Gasteiger partial charge in [0.1, 0.15) is 0 Å². The van der Waals surface area contributed by atoms with Crippen LogP contribution in [-0.4, -0.2) is 46.0 Å². The largest absolute Gasteiger partial charge is 0.478 e. The number of hydrogen-bond donors (Lipinski definition) is 2. The highest BCUT2D eigenvalue weighted by Gasteiger charge is 2.24. The number of allylic oxidation sites excluding steroid dienone is 1. The molecule has 0 bridgehead atoms. The number of carboxylic acid groups (broad SMARTS) is 1. The van der Waals surface area contributed by atoms with Gasteiger partial charge in [0, 0.05) is 30.9 Å². The Bertz CT molecular complexity index is 951. The van der Waals surface area contributed by atoms with Crippen molar-refractivity contribution in [2.24, 2.45) is 0 Å². The topological polar surface area (TPSA) is 106 Å². The van der Waals surface area contributed by atoms with Crippen LogP contribution in [-0.2, 0) is 0 Å². The molecular formula is C22H22N4O3. The van der Waals surface area contributed by atoms with Gasteiger partial charge in [-0.1, -0.05) is 6.08 Å². The Morgan fingerprint density at radius 2 is 1.83 bits per heavy atom. The second kappa shape index (κ2) is 9.02. The van der Waals surface area contributed by atoms with Gasteiger partial charge in [-0.05, 0) is 56.2 Å². The number of benzene rings is 1. The number of amides is 1. The van der Waals surface area contributed by atoms with Crippen molar-refractivity contribution >= 4 is 17.6 Å². The normalized spacial score (nSPS) is 14.9. The van der Waals surface area contributed by atoms with Crippen LogP contribution < -0.4 is 5.32 Å². The number of carboxylic acids is 1. The molecule has 0 atom stereocenters. The first-order valence-corrected chi connectivity index (χ1v) is 9.44. The van der Waals surface area contributed by atoms with Crippen LogP contribution in [0.4, 0.5) is 0 Å². The fourth-order valence-corrected chi connectivity index (χ4v) is 3.30. The Labute approximate surface area is 169 Å². The molecule has 148 valence electrons. The summed E-state index contributed by atoms with van der Waals surface area (Å²) in [4.78, 5) is 29.7. The van der Waals surface area contributed by atoms with Gasteiger partial charge in [-0.25, -0.2) is 4.79 Å². The maximum Gasteiger partial charge on any atom is 0.337 e. The molecule has 0 aliphatic carbocycles. The summed E-state index contributed by atoms with van der Waals surface area (Å²) < 4.78 is 0. The lowest BCUT2D eigenvalue weighted by molar-refractivity contribution is 0.0691. The van der Waals surface area contributed by atoms with E-state index in [-0.39, 0.29) is 17.5 Å². The lowest BCUT2D eigenvalue weighted by atomic mass is 10.0. The van der Waals surface area contributed by atoms with Crippen LogP contribution in [0.5, 0.6) is 0 Å². The van der Waals surface area contributed by atoms with E-state index in [4.69, 9.17) is 10.4 Å². The van der Waals surface area contributed by atoms with Crippen LogP contribution in [0.15, 0.2) is 48.7 Å². The van der Waals surface area contributed by atoms with Gasteiger partial charge in [0.05, 0.1) is 28.6 Å². The van der Waals surface area contributed by atoms with Crippen molar-refractivity contribution in [2.75, 3.05) is 13.1 Å².